The summed E-state index contributed by atoms with van der Waals surface area (Å²) in [5.41, 5.74) is 3.95. The molecule has 14 heavy (non-hydrogen) atoms. The zero-order valence-electron chi connectivity index (χ0n) is 8.40. The van der Waals surface area contributed by atoms with Crippen LogP contribution in [-0.2, 0) is 0 Å². The molecule has 74 valence electrons. The van der Waals surface area contributed by atoms with Crippen LogP contribution in [0.3, 0.4) is 0 Å². The lowest BCUT2D eigenvalue weighted by Crippen LogP contribution is -2.01. The van der Waals surface area contributed by atoms with Gasteiger partial charge in [0.15, 0.2) is 6.61 Å². The summed E-state index contributed by atoms with van der Waals surface area (Å²) in [6.45, 7) is 6.14. The normalized spacial score (nSPS) is 14.1. The highest BCUT2D eigenvalue weighted by Crippen LogP contribution is 2.38. The lowest BCUT2D eigenvalue weighted by molar-refractivity contribution is 0.0960. The molecule has 1 heterocycles. The first kappa shape index (κ1) is 9.71. The van der Waals surface area contributed by atoms with Crippen LogP contribution in [0.15, 0.2) is 4.47 Å². The molecule has 1 aliphatic heterocycles. The standard InChI is InChI=1S/C11H11BrO2/c1-5-6(2)11-9(7(3)10(5)12)8(13)4-14-11/h4H2,1-3H3. The van der Waals surface area contributed by atoms with Gasteiger partial charge in [-0.3, -0.25) is 4.79 Å². The molecule has 3 heteroatoms. The van der Waals surface area contributed by atoms with E-state index in [0.717, 1.165) is 32.5 Å². The summed E-state index contributed by atoms with van der Waals surface area (Å²) in [5, 5.41) is 0. The summed E-state index contributed by atoms with van der Waals surface area (Å²) in [6.07, 6.45) is 0. The number of hydrogen-bond acceptors (Lipinski definition) is 2. The third-order valence-corrected chi connectivity index (χ3v) is 3.98. The Morgan fingerprint density at radius 3 is 2.43 bits per heavy atom. The highest BCUT2D eigenvalue weighted by Gasteiger charge is 2.27. The van der Waals surface area contributed by atoms with Crippen molar-refractivity contribution in [1.82, 2.24) is 0 Å². The second-order valence-corrected chi connectivity index (χ2v) is 4.40. The maximum absolute atomic E-state index is 11.6. The van der Waals surface area contributed by atoms with E-state index < -0.39 is 0 Å². The summed E-state index contributed by atoms with van der Waals surface area (Å²) in [7, 11) is 0. The maximum atomic E-state index is 11.6. The summed E-state index contributed by atoms with van der Waals surface area (Å²) in [4.78, 5) is 11.6. The van der Waals surface area contributed by atoms with Crippen molar-refractivity contribution in [3.05, 3.63) is 26.7 Å². The van der Waals surface area contributed by atoms with E-state index in [9.17, 15) is 4.79 Å². The van der Waals surface area contributed by atoms with Crippen molar-refractivity contribution in [2.24, 2.45) is 0 Å². The van der Waals surface area contributed by atoms with Crippen molar-refractivity contribution in [1.29, 1.82) is 0 Å². The van der Waals surface area contributed by atoms with Gasteiger partial charge < -0.3 is 4.74 Å². The minimum Gasteiger partial charge on any atom is -0.484 e. The largest absolute Gasteiger partial charge is 0.484 e. The predicted molar refractivity (Wildman–Crippen MR) is 58.2 cm³/mol. The third-order valence-electron chi connectivity index (χ3n) is 2.79. The number of benzene rings is 1. The molecule has 1 aromatic carbocycles. The van der Waals surface area contributed by atoms with Gasteiger partial charge in [0.25, 0.3) is 0 Å². The Labute approximate surface area is 91.4 Å². The monoisotopic (exact) mass is 254 g/mol. The van der Waals surface area contributed by atoms with Crippen molar-refractivity contribution in [3.8, 4) is 5.75 Å². The van der Waals surface area contributed by atoms with Gasteiger partial charge in [0.2, 0.25) is 5.78 Å². The molecule has 0 atom stereocenters. The molecule has 0 amide bonds. The SMILES string of the molecule is Cc1c(C)c2c(c(C)c1Br)C(=O)CO2. The zero-order valence-corrected chi connectivity index (χ0v) is 9.99. The van der Waals surface area contributed by atoms with Gasteiger partial charge in [-0.05, 0) is 37.5 Å². The van der Waals surface area contributed by atoms with Crippen LogP contribution in [0.25, 0.3) is 0 Å². The van der Waals surface area contributed by atoms with Crippen molar-refractivity contribution in [2.45, 2.75) is 20.8 Å². The highest BCUT2D eigenvalue weighted by atomic mass is 79.9. The van der Waals surface area contributed by atoms with Crippen LogP contribution in [-0.4, -0.2) is 12.4 Å². The Hall–Kier alpha value is -0.830. The van der Waals surface area contributed by atoms with Crippen LogP contribution in [0.5, 0.6) is 5.75 Å². The van der Waals surface area contributed by atoms with E-state index in [0.29, 0.717) is 0 Å². The third kappa shape index (κ3) is 1.12. The van der Waals surface area contributed by atoms with Crippen molar-refractivity contribution in [3.63, 3.8) is 0 Å². The van der Waals surface area contributed by atoms with Crippen LogP contribution < -0.4 is 4.74 Å². The number of halogens is 1. The van der Waals surface area contributed by atoms with Crippen LogP contribution >= 0.6 is 15.9 Å². The first-order valence-corrected chi connectivity index (χ1v) is 5.28. The second kappa shape index (κ2) is 3.09. The number of hydrogen-bond donors (Lipinski definition) is 0. The average molecular weight is 255 g/mol. The van der Waals surface area contributed by atoms with E-state index in [1.807, 2.05) is 20.8 Å². The Kier molecular flexibility index (Phi) is 2.14. The van der Waals surface area contributed by atoms with Crippen LogP contribution in [0.1, 0.15) is 27.0 Å². The number of carbonyl (C=O) groups is 1. The lowest BCUT2D eigenvalue weighted by Gasteiger charge is -2.11. The molecule has 0 fully saturated rings. The molecule has 0 aromatic heterocycles. The molecule has 0 spiro atoms. The van der Waals surface area contributed by atoms with Gasteiger partial charge in [0.1, 0.15) is 5.75 Å². The van der Waals surface area contributed by atoms with E-state index in [-0.39, 0.29) is 12.4 Å². The fourth-order valence-electron chi connectivity index (χ4n) is 1.81. The number of carbonyl (C=O) groups excluding carboxylic acids is 1. The van der Waals surface area contributed by atoms with Gasteiger partial charge in [-0.2, -0.15) is 0 Å². The quantitative estimate of drug-likeness (QED) is 0.712. The Balaban J connectivity index is 2.84. The van der Waals surface area contributed by atoms with Gasteiger partial charge >= 0.3 is 0 Å². The van der Waals surface area contributed by atoms with Crippen LogP contribution in [0.2, 0.25) is 0 Å². The minimum absolute atomic E-state index is 0.0845. The molecule has 1 aromatic rings. The molecule has 2 rings (SSSR count). The molecule has 0 aliphatic carbocycles. The Bertz CT molecular complexity index is 436. The Morgan fingerprint density at radius 1 is 1.14 bits per heavy atom. The number of ketones is 1. The number of Topliss-reactive ketones (excluding diaryl/α,β-unsaturated/α-hetero) is 1. The van der Waals surface area contributed by atoms with Crippen molar-refractivity contribution >= 4 is 21.7 Å². The predicted octanol–water partition coefficient (Wildman–Crippen LogP) is 2.95. The summed E-state index contributed by atoms with van der Waals surface area (Å²) < 4.78 is 6.41. The van der Waals surface area contributed by atoms with Crippen molar-refractivity contribution in [2.75, 3.05) is 6.61 Å². The van der Waals surface area contributed by atoms with Crippen molar-refractivity contribution < 1.29 is 9.53 Å². The van der Waals surface area contributed by atoms with Gasteiger partial charge in [-0.1, -0.05) is 15.9 Å². The summed E-state index contributed by atoms with van der Waals surface area (Å²) in [6, 6.07) is 0. The zero-order chi connectivity index (χ0) is 10.5. The molecular weight excluding hydrogens is 244 g/mol. The van der Waals surface area contributed by atoms with Gasteiger partial charge in [-0.25, -0.2) is 0 Å². The van der Waals surface area contributed by atoms with Gasteiger partial charge in [0, 0.05) is 4.47 Å². The van der Waals surface area contributed by atoms with Gasteiger partial charge in [0.05, 0.1) is 5.56 Å². The minimum atomic E-state index is 0.0845. The molecule has 1 aliphatic rings. The van der Waals surface area contributed by atoms with E-state index in [1.54, 1.807) is 0 Å². The van der Waals surface area contributed by atoms with Crippen LogP contribution in [0.4, 0.5) is 0 Å². The fourth-order valence-corrected chi connectivity index (χ4v) is 2.31. The second-order valence-electron chi connectivity index (χ2n) is 3.60. The topological polar surface area (TPSA) is 26.3 Å². The lowest BCUT2D eigenvalue weighted by atomic mass is 9.98. The number of ether oxygens (including phenoxy) is 1. The van der Waals surface area contributed by atoms with E-state index >= 15 is 0 Å². The maximum Gasteiger partial charge on any atom is 0.204 e. The molecule has 0 saturated heterocycles. The average Bonchev–Trinajstić information content (AvgIpc) is 2.54. The first-order valence-electron chi connectivity index (χ1n) is 4.49. The fraction of sp³-hybridized carbons (Fsp3) is 0.364. The molecule has 0 saturated carbocycles. The molecule has 0 unspecified atom stereocenters. The summed E-state index contributed by atoms with van der Waals surface area (Å²) in [5.74, 6) is 0.856. The van der Waals surface area contributed by atoms with E-state index in [2.05, 4.69) is 15.9 Å². The number of fused-ring (bicyclic) bond motifs is 1. The smallest absolute Gasteiger partial charge is 0.204 e. The van der Waals surface area contributed by atoms with Gasteiger partial charge in [-0.15, -0.1) is 0 Å². The highest BCUT2D eigenvalue weighted by molar-refractivity contribution is 9.10. The number of rotatable bonds is 0. The molecule has 0 radical (unpaired) electrons. The molecule has 0 N–H and O–H groups in total. The first-order chi connectivity index (χ1) is 6.54. The summed E-state index contributed by atoms with van der Waals surface area (Å²) >= 11 is 3.50. The van der Waals surface area contributed by atoms with Crippen LogP contribution in [0, 0.1) is 20.8 Å². The molecular formula is C11H11BrO2. The van der Waals surface area contributed by atoms with E-state index in [4.69, 9.17) is 4.74 Å². The Morgan fingerprint density at radius 2 is 1.79 bits per heavy atom. The molecule has 0 bridgehead atoms. The molecule has 2 nitrogen and oxygen atoms in total. The van der Waals surface area contributed by atoms with E-state index in [1.165, 1.54) is 0 Å².